The number of nitrogens with one attached hydrogen (secondary N) is 2. The van der Waals surface area contributed by atoms with E-state index < -0.39 is 48.6 Å². The van der Waals surface area contributed by atoms with Gasteiger partial charge in [0.2, 0.25) is 5.91 Å². The lowest BCUT2D eigenvalue weighted by molar-refractivity contribution is -0.136. The fourth-order valence-corrected chi connectivity index (χ4v) is 4.18. The normalized spacial score (nSPS) is 18.3. The maximum atomic E-state index is 13.0. The highest BCUT2D eigenvalue weighted by molar-refractivity contribution is 6.10. The van der Waals surface area contributed by atoms with Gasteiger partial charge in [0, 0.05) is 18.3 Å². The van der Waals surface area contributed by atoms with Crippen molar-refractivity contribution < 1.29 is 32.3 Å². The molecule has 1 spiro atoms. The van der Waals surface area contributed by atoms with Gasteiger partial charge in [-0.05, 0) is 37.5 Å². The van der Waals surface area contributed by atoms with Crippen LogP contribution >= 0.6 is 0 Å². The summed E-state index contributed by atoms with van der Waals surface area (Å²) >= 11 is 0. The predicted octanol–water partition coefficient (Wildman–Crippen LogP) is 2.82. The van der Waals surface area contributed by atoms with Gasteiger partial charge in [0.25, 0.3) is 11.8 Å². The van der Waals surface area contributed by atoms with Gasteiger partial charge >= 0.3 is 12.2 Å². The topological polar surface area (TPSA) is 98.8 Å². The Morgan fingerprint density at radius 3 is 2.41 bits per heavy atom. The third-order valence-corrected chi connectivity index (χ3v) is 6.01. The van der Waals surface area contributed by atoms with Crippen LogP contribution in [0.5, 0.6) is 0 Å². The van der Waals surface area contributed by atoms with Crippen LogP contribution in [0.25, 0.3) is 0 Å². The highest BCUT2D eigenvalue weighted by Crippen LogP contribution is 2.39. The van der Waals surface area contributed by atoms with E-state index in [1.807, 2.05) is 0 Å². The van der Waals surface area contributed by atoms with Crippen LogP contribution in [0.4, 0.5) is 23.7 Å². The summed E-state index contributed by atoms with van der Waals surface area (Å²) in [5, 5.41) is 4.31. The number of hydrogen-bond acceptors (Lipinski definition) is 4. The summed E-state index contributed by atoms with van der Waals surface area (Å²) in [6.07, 6.45) is -0.795. The third-order valence-electron chi connectivity index (χ3n) is 6.01. The lowest BCUT2D eigenvalue weighted by Gasteiger charge is -2.35. The van der Waals surface area contributed by atoms with E-state index in [0.29, 0.717) is 18.4 Å². The van der Waals surface area contributed by atoms with Gasteiger partial charge in [-0.2, -0.15) is 13.2 Å². The molecule has 32 heavy (non-hydrogen) atoms. The second kappa shape index (κ2) is 8.79. The van der Waals surface area contributed by atoms with Crippen molar-refractivity contribution in [3.63, 3.8) is 0 Å². The van der Waals surface area contributed by atoms with Crippen LogP contribution in [0, 0.1) is 6.92 Å². The van der Waals surface area contributed by atoms with Crippen LogP contribution in [0.15, 0.2) is 18.2 Å². The Morgan fingerprint density at radius 1 is 1.12 bits per heavy atom. The number of alkyl halides is 3. The highest BCUT2D eigenvalue weighted by Gasteiger charge is 2.55. The standard InChI is InChI=1S/C21H25F3N4O4/c1-13-6-7-14(17(30)25-12-21(22,23)24)10-15(13)26-16(29)11-28-18(31)20(27(2)19(28)32)8-4-3-5-9-20/h6-7,10H,3-5,8-9,11-12H2,1-2H3,(H,25,30)(H,26,29). The summed E-state index contributed by atoms with van der Waals surface area (Å²) in [7, 11) is 1.57. The molecular weight excluding hydrogens is 429 g/mol. The van der Waals surface area contributed by atoms with E-state index in [1.165, 1.54) is 23.1 Å². The molecule has 0 atom stereocenters. The lowest BCUT2D eigenvalue weighted by Crippen LogP contribution is -2.49. The zero-order valence-electron chi connectivity index (χ0n) is 17.8. The Morgan fingerprint density at radius 2 is 1.78 bits per heavy atom. The van der Waals surface area contributed by atoms with Crippen molar-refractivity contribution in [1.29, 1.82) is 0 Å². The zero-order chi connectivity index (χ0) is 23.7. The number of imide groups is 1. The number of urea groups is 1. The molecule has 5 amide bonds. The van der Waals surface area contributed by atoms with E-state index in [-0.39, 0.29) is 11.3 Å². The Kier molecular flexibility index (Phi) is 6.47. The molecule has 1 aliphatic carbocycles. The number of rotatable bonds is 5. The number of amides is 5. The monoisotopic (exact) mass is 454 g/mol. The van der Waals surface area contributed by atoms with Gasteiger partial charge in [-0.25, -0.2) is 4.79 Å². The smallest absolute Gasteiger partial charge is 0.343 e. The number of nitrogens with zero attached hydrogens (tertiary/aromatic N) is 2. The van der Waals surface area contributed by atoms with Crippen LogP contribution in [0.2, 0.25) is 0 Å². The molecule has 0 radical (unpaired) electrons. The number of anilines is 1. The van der Waals surface area contributed by atoms with Crippen molar-refractivity contribution in [2.24, 2.45) is 0 Å². The van der Waals surface area contributed by atoms with Gasteiger partial charge in [-0.3, -0.25) is 19.3 Å². The Balaban J connectivity index is 1.69. The van der Waals surface area contributed by atoms with E-state index in [1.54, 1.807) is 19.3 Å². The molecular formula is C21H25F3N4O4. The molecule has 1 saturated carbocycles. The Bertz CT molecular complexity index is 941. The third kappa shape index (κ3) is 4.71. The van der Waals surface area contributed by atoms with Crippen molar-refractivity contribution in [3.8, 4) is 0 Å². The first-order chi connectivity index (χ1) is 14.9. The fourth-order valence-electron chi connectivity index (χ4n) is 4.18. The fraction of sp³-hybridized carbons (Fsp3) is 0.524. The van der Waals surface area contributed by atoms with Crippen molar-refractivity contribution in [1.82, 2.24) is 15.1 Å². The molecule has 0 unspecified atom stereocenters. The first-order valence-corrected chi connectivity index (χ1v) is 10.3. The van der Waals surface area contributed by atoms with Crippen molar-refractivity contribution >= 4 is 29.4 Å². The quantitative estimate of drug-likeness (QED) is 0.669. The Hall–Kier alpha value is -3.11. The van der Waals surface area contributed by atoms with Gasteiger partial charge in [0.1, 0.15) is 18.6 Å². The van der Waals surface area contributed by atoms with E-state index >= 15 is 0 Å². The number of carbonyl (C=O) groups excluding carboxylic acids is 4. The predicted molar refractivity (Wildman–Crippen MR) is 109 cm³/mol. The summed E-state index contributed by atoms with van der Waals surface area (Å²) < 4.78 is 37.0. The minimum Gasteiger partial charge on any atom is -0.343 e. The van der Waals surface area contributed by atoms with Crippen LogP contribution in [-0.2, 0) is 9.59 Å². The molecule has 2 N–H and O–H groups in total. The molecule has 0 bridgehead atoms. The second-order valence-electron chi connectivity index (χ2n) is 8.20. The van der Waals surface area contributed by atoms with Crippen molar-refractivity contribution in [2.75, 3.05) is 25.5 Å². The van der Waals surface area contributed by atoms with Gasteiger partial charge in [0.05, 0.1) is 0 Å². The summed E-state index contributed by atoms with van der Waals surface area (Å²) in [5.41, 5.74) is -0.202. The van der Waals surface area contributed by atoms with Crippen LogP contribution in [-0.4, -0.2) is 65.4 Å². The maximum Gasteiger partial charge on any atom is 0.405 e. The SMILES string of the molecule is Cc1ccc(C(=O)NCC(F)(F)F)cc1NC(=O)CN1C(=O)N(C)C2(CCCCC2)C1=O. The van der Waals surface area contributed by atoms with Gasteiger partial charge < -0.3 is 15.5 Å². The van der Waals surface area contributed by atoms with Crippen LogP contribution in [0.3, 0.4) is 0 Å². The number of hydrogen-bond donors (Lipinski definition) is 2. The van der Waals surface area contributed by atoms with Gasteiger partial charge in [-0.1, -0.05) is 25.3 Å². The number of benzene rings is 1. The molecule has 2 fully saturated rings. The van der Waals surface area contributed by atoms with Crippen LogP contribution in [0.1, 0.15) is 48.0 Å². The minimum atomic E-state index is -4.55. The number of aryl methyl sites for hydroxylation is 1. The summed E-state index contributed by atoms with van der Waals surface area (Å²) in [6.45, 7) is -0.326. The summed E-state index contributed by atoms with van der Waals surface area (Å²) in [4.78, 5) is 52.6. The molecule has 3 rings (SSSR count). The number of halogens is 3. The van der Waals surface area contributed by atoms with E-state index in [2.05, 4.69) is 5.32 Å². The molecule has 11 heteroatoms. The largest absolute Gasteiger partial charge is 0.405 e. The van der Waals surface area contributed by atoms with E-state index in [4.69, 9.17) is 0 Å². The molecule has 1 aromatic rings. The molecule has 1 saturated heterocycles. The molecule has 1 heterocycles. The summed E-state index contributed by atoms with van der Waals surface area (Å²) in [5.74, 6) is -1.98. The molecule has 1 aliphatic heterocycles. The van der Waals surface area contributed by atoms with Crippen molar-refractivity contribution in [3.05, 3.63) is 29.3 Å². The molecule has 8 nitrogen and oxygen atoms in total. The minimum absolute atomic E-state index is 0.0654. The van der Waals surface area contributed by atoms with Gasteiger partial charge in [-0.15, -0.1) is 0 Å². The van der Waals surface area contributed by atoms with Gasteiger partial charge in [0.15, 0.2) is 0 Å². The molecule has 174 valence electrons. The average Bonchev–Trinajstić information content (AvgIpc) is 2.90. The summed E-state index contributed by atoms with van der Waals surface area (Å²) in [6, 6.07) is 3.53. The average molecular weight is 454 g/mol. The van der Waals surface area contributed by atoms with Crippen molar-refractivity contribution in [2.45, 2.75) is 50.7 Å². The van der Waals surface area contributed by atoms with E-state index in [0.717, 1.165) is 24.2 Å². The molecule has 0 aromatic heterocycles. The highest BCUT2D eigenvalue weighted by atomic mass is 19.4. The first kappa shape index (κ1) is 23.6. The second-order valence-corrected chi connectivity index (χ2v) is 8.20. The maximum absolute atomic E-state index is 13.0. The molecule has 1 aromatic carbocycles. The Labute approximate surface area is 183 Å². The van der Waals surface area contributed by atoms with E-state index in [9.17, 15) is 32.3 Å². The zero-order valence-corrected chi connectivity index (χ0v) is 17.8. The first-order valence-electron chi connectivity index (χ1n) is 10.3. The molecule has 2 aliphatic rings. The van der Waals surface area contributed by atoms with Crippen LogP contribution < -0.4 is 10.6 Å². The number of carbonyl (C=O) groups is 4. The number of likely N-dealkylation sites (N-methyl/N-ethyl adjacent to an activating group) is 1. The lowest BCUT2D eigenvalue weighted by atomic mass is 9.81.